The third-order valence-electron chi connectivity index (χ3n) is 7.56. The van der Waals surface area contributed by atoms with E-state index in [4.69, 9.17) is 9.47 Å². The van der Waals surface area contributed by atoms with Crippen molar-refractivity contribution in [2.45, 2.75) is 55.9 Å². The lowest BCUT2D eigenvalue weighted by Gasteiger charge is -2.23. The standard InChI is InChI=1S/C34H33N3O5S2/c1-20(2)14-15-41-26-11-7-10-23(18-26)29-28(30(38)24-12-13-27-25(17-24)16-21(3)42-27)31(39)32(40)37(29)33-35-36-34(44-33)43-19-22-8-5-4-6-9-22/h4-13,17-18,20-21,29,38H,14-16,19H2,1-3H3/t21-,29+/m0/s1. The van der Waals surface area contributed by atoms with Crippen LogP contribution in [0.1, 0.15) is 55.5 Å². The maximum Gasteiger partial charge on any atom is 0.301 e. The normalized spacial score (nSPS) is 19.0. The van der Waals surface area contributed by atoms with Gasteiger partial charge in [0.15, 0.2) is 4.34 Å². The first-order chi connectivity index (χ1) is 21.3. The molecule has 2 aliphatic heterocycles. The third-order valence-corrected chi connectivity index (χ3v) is 9.69. The van der Waals surface area contributed by atoms with E-state index in [1.165, 1.54) is 28.0 Å². The Bertz CT molecular complexity index is 1720. The molecule has 2 atom stereocenters. The predicted molar refractivity (Wildman–Crippen MR) is 172 cm³/mol. The first-order valence-corrected chi connectivity index (χ1v) is 16.4. The van der Waals surface area contributed by atoms with E-state index in [9.17, 15) is 14.7 Å². The Balaban J connectivity index is 1.38. The summed E-state index contributed by atoms with van der Waals surface area (Å²) >= 11 is 2.75. The third kappa shape index (κ3) is 6.23. The highest BCUT2D eigenvalue weighted by Crippen LogP contribution is 2.45. The van der Waals surface area contributed by atoms with Crippen LogP contribution < -0.4 is 14.4 Å². The molecule has 0 spiro atoms. The average Bonchev–Trinajstić information content (AvgIpc) is 3.71. The molecule has 1 saturated heterocycles. The number of amides is 1. The van der Waals surface area contributed by atoms with Gasteiger partial charge in [-0.3, -0.25) is 14.5 Å². The molecule has 3 heterocycles. The molecule has 1 N–H and O–H groups in total. The number of carbonyl (C=O) groups excluding carboxylic acids is 2. The van der Waals surface area contributed by atoms with Crippen LogP contribution in [0.25, 0.3) is 5.76 Å². The number of anilines is 1. The zero-order valence-electron chi connectivity index (χ0n) is 24.7. The van der Waals surface area contributed by atoms with E-state index in [0.717, 1.165) is 23.3 Å². The summed E-state index contributed by atoms with van der Waals surface area (Å²) in [6, 6.07) is 21.7. The van der Waals surface area contributed by atoms with Crippen LogP contribution in [0.15, 0.2) is 82.7 Å². The predicted octanol–water partition coefficient (Wildman–Crippen LogP) is 7.21. The van der Waals surface area contributed by atoms with Gasteiger partial charge in [-0.1, -0.05) is 79.4 Å². The lowest BCUT2D eigenvalue weighted by atomic mass is 9.94. The lowest BCUT2D eigenvalue weighted by molar-refractivity contribution is -0.132. The van der Waals surface area contributed by atoms with Crippen LogP contribution in [-0.4, -0.2) is 39.7 Å². The molecule has 6 rings (SSSR count). The molecular weight excluding hydrogens is 595 g/mol. The number of rotatable bonds is 10. The van der Waals surface area contributed by atoms with Gasteiger partial charge in [-0.25, -0.2) is 0 Å². The molecule has 1 aromatic heterocycles. The molecule has 3 aromatic carbocycles. The summed E-state index contributed by atoms with van der Waals surface area (Å²) in [5.74, 6) is 0.757. The zero-order chi connectivity index (χ0) is 30.8. The fraction of sp³-hybridized carbons (Fsp3) is 0.294. The first kappa shape index (κ1) is 29.9. The number of thioether (sulfide) groups is 1. The van der Waals surface area contributed by atoms with E-state index in [2.05, 4.69) is 24.0 Å². The quantitative estimate of drug-likeness (QED) is 0.0647. The number of aromatic nitrogens is 2. The number of carbonyl (C=O) groups is 2. The Morgan fingerprint density at radius 1 is 1.09 bits per heavy atom. The van der Waals surface area contributed by atoms with Gasteiger partial charge in [0.05, 0.1) is 18.2 Å². The Morgan fingerprint density at radius 3 is 2.70 bits per heavy atom. The van der Waals surface area contributed by atoms with Gasteiger partial charge in [-0.2, -0.15) is 0 Å². The summed E-state index contributed by atoms with van der Waals surface area (Å²) in [4.78, 5) is 28.8. The highest BCUT2D eigenvalue weighted by Gasteiger charge is 2.48. The van der Waals surface area contributed by atoms with Crippen LogP contribution in [0.2, 0.25) is 0 Å². The van der Waals surface area contributed by atoms with Crippen molar-refractivity contribution in [3.05, 3.63) is 101 Å². The molecule has 8 nitrogen and oxygen atoms in total. The van der Waals surface area contributed by atoms with E-state index in [0.29, 0.717) is 45.9 Å². The molecular formula is C34H33N3O5S2. The number of benzene rings is 3. The Morgan fingerprint density at radius 2 is 1.91 bits per heavy atom. The molecule has 0 saturated carbocycles. The molecule has 10 heteroatoms. The van der Waals surface area contributed by atoms with Crippen LogP contribution in [0.5, 0.6) is 11.5 Å². The number of ether oxygens (including phenoxy) is 2. The summed E-state index contributed by atoms with van der Waals surface area (Å²) < 4.78 is 12.5. The SMILES string of the molecule is CC(C)CCOc1cccc([C@@H]2C(=C(O)c3ccc4c(c3)C[C@H](C)O4)C(=O)C(=O)N2c2nnc(SCc3ccccc3)s2)c1. The minimum Gasteiger partial charge on any atom is -0.507 e. The summed E-state index contributed by atoms with van der Waals surface area (Å²) in [6.45, 7) is 6.78. The van der Waals surface area contributed by atoms with E-state index in [1.54, 1.807) is 12.1 Å². The van der Waals surface area contributed by atoms with E-state index >= 15 is 0 Å². The first-order valence-electron chi connectivity index (χ1n) is 14.6. The van der Waals surface area contributed by atoms with Crippen LogP contribution in [-0.2, 0) is 21.8 Å². The molecule has 2 aliphatic rings. The molecule has 4 aromatic rings. The minimum absolute atomic E-state index is 0.00469. The van der Waals surface area contributed by atoms with Crippen LogP contribution >= 0.6 is 23.1 Å². The number of hydrogen-bond acceptors (Lipinski definition) is 9. The van der Waals surface area contributed by atoms with Crippen molar-refractivity contribution < 1.29 is 24.2 Å². The number of fused-ring (bicyclic) bond motifs is 1. The molecule has 0 bridgehead atoms. The molecule has 0 aliphatic carbocycles. The van der Waals surface area contributed by atoms with Gasteiger partial charge < -0.3 is 14.6 Å². The largest absolute Gasteiger partial charge is 0.507 e. The zero-order valence-corrected chi connectivity index (χ0v) is 26.4. The molecule has 44 heavy (non-hydrogen) atoms. The fourth-order valence-electron chi connectivity index (χ4n) is 5.33. The minimum atomic E-state index is -0.924. The second kappa shape index (κ2) is 12.8. The van der Waals surface area contributed by atoms with Crippen LogP contribution in [0.4, 0.5) is 5.13 Å². The second-order valence-corrected chi connectivity index (χ2v) is 13.5. The van der Waals surface area contributed by atoms with Gasteiger partial charge in [0.25, 0.3) is 5.78 Å². The van der Waals surface area contributed by atoms with Gasteiger partial charge in [0.1, 0.15) is 23.4 Å². The number of hydrogen-bond donors (Lipinski definition) is 1. The van der Waals surface area contributed by atoms with Gasteiger partial charge in [0.2, 0.25) is 5.13 Å². The summed E-state index contributed by atoms with van der Waals surface area (Å²) in [5, 5.41) is 20.6. The Kier molecular flexibility index (Phi) is 8.72. The van der Waals surface area contributed by atoms with Crippen molar-refractivity contribution in [1.82, 2.24) is 10.2 Å². The van der Waals surface area contributed by atoms with Gasteiger partial charge in [-0.05, 0) is 66.3 Å². The van der Waals surface area contributed by atoms with Crippen molar-refractivity contribution in [3.63, 3.8) is 0 Å². The Hall–Kier alpha value is -4.15. The van der Waals surface area contributed by atoms with Crippen molar-refractivity contribution in [2.24, 2.45) is 5.92 Å². The van der Waals surface area contributed by atoms with Gasteiger partial charge in [0, 0.05) is 17.7 Å². The summed E-state index contributed by atoms with van der Waals surface area (Å²) in [7, 11) is 0. The summed E-state index contributed by atoms with van der Waals surface area (Å²) in [5.41, 5.74) is 3.15. The maximum atomic E-state index is 13.7. The highest BCUT2D eigenvalue weighted by molar-refractivity contribution is 8.00. The fourth-order valence-corrected chi connectivity index (χ4v) is 7.16. The number of ketones is 1. The molecule has 0 radical (unpaired) electrons. The number of nitrogens with zero attached hydrogens (tertiary/aromatic N) is 3. The van der Waals surface area contributed by atoms with Crippen molar-refractivity contribution >= 4 is 45.7 Å². The monoisotopic (exact) mass is 627 g/mol. The van der Waals surface area contributed by atoms with Gasteiger partial charge in [-0.15, -0.1) is 10.2 Å². The number of aliphatic hydroxyl groups is 1. The van der Waals surface area contributed by atoms with Crippen LogP contribution in [0, 0.1) is 5.92 Å². The van der Waals surface area contributed by atoms with E-state index in [1.807, 2.05) is 67.6 Å². The molecule has 226 valence electrons. The highest BCUT2D eigenvalue weighted by atomic mass is 32.2. The lowest BCUT2D eigenvalue weighted by Crippen LogP contribution is -2.29. The Labute approximate surface area is 264 Å². The second-order valence-electron chi connectivity index (χ2n) is 11.4. The molecule has 1 fully saturated rings. The number of aliphatic hydroxyl groups excluding tert-OH is 1. The van der Waals surface area contributed by atoms with E-state index < -0.39 is 17.7 Å². The van der Waals surface area contributed by atoms with Crippen molar-refractivity contribution in [3.8, 4) is 11.5 Å². The van der Waals surface area contributed by atoms with Gasteiger partial charge >= 0.3 is 5.91 Å². The topological polar surface area (TPSA) is 102 Å². The van der Waals surface area contributed by atoms with Crippen molar-refractivity contribution in [1.29, 1.82) is 0 Å². The van der Waals surface area contributed by atoms with E-state index in [-0.39, 0.29) is 22.6 Å². The maximum absolute atomic E-state index is 13.7. The smallest absolute Gasteiger partial charge is 0.301 e. The number of Topliss-reactive ketones (excluding diaryl/α,β-unsaturated/α-hetero) is 1. The summed E-state index contributed by atoms with van der Waals surface area (Å²) in [6.07, 6.45) is 1.60. The average molecular weight is 628 g/mol. The van der Waals surface area contributed by atoms with Crippen molar-refractivity contribution in [2.75, 3.05) is 11.5 Å². The molecule has 0 unspecified atom stereocenters. The van der Waals surface area contributed by atoms with Crippen LogP contribution in [0.3, 0.4) is 0 Å². The molecule has 1 amide bonds.